The van der Waals surface area contributed by atoms with Crippen molar-refractivity contribution < 1.29 is 0 Å². The van der Waals surface area contributed by atoms with E-state index in [0.717, 1.165) is 11.3 Å². The third kappa shape index (κ3) is 1.60. The van der Waals surface area contributed by atoms with Crippen molar-refractivity contribution in [1.82, 2.24) is 9.78 Å². The molecule has 0 unspecified atom stereocenters. The van der Waals surface area contributed by atoms with Crippen molar-refractivity contribution in [2.75, 3.05) is 5.73 Å². The number of hydrogen-bond acceptors (Lipinski definition) is 3. The number of nitrogens with two attached hydrogens (primary N) is 2. The number of rotatable bonds is 2. The maximum absolute atomic E-state index is 5.58. The average Bonchev–Trinajstić information content (AvgIpc) is 2.65. The van der Waals surface area contributed by atoms with Crippen LogP contribution in [-0.4, -0.2) is 9.78 Å². The number of anilines is 1. The molecule has 2 rings (SSSR count). The Morgan fingerprint density at radius 1 is 1.36 bits per heavy atom. The van der Waals surface area contributed by atoms with Gasteiger partial charge in [-0.05, 0) is 17.7 Å². The molecule has 0 bridgehead atoms. The molecule has 0 saturated carbocycles. The summed E-state index contributed by atoms with van der Waals surface area (Å²) in [6.07, 6.45) is 3.39. The van der Waals surface area contributed by atoms with Crippen molar-refractivity contribution in [2.45, 2.75) is 6.54 Å². The molecule has 1 aromatic heterocycles. The molecule has 0 saturated heterocycles. The molecular weight excluding hydrogens is 176 g/mol. The summed E-state index contributed by atoms with van der Waals surface area (Å²) in [6, 6.07) is 7.89. The van der Waals surface area contributed by atoms with Crippen LogP contribution in [0.5, 0.6) is 0 Å². The van der Waals surface area contributed by atoms with Crippen LogP contribution in [0.4, 0.5) is 5.69 Å². The summed E-state index contributed by atoms with van der Waals surface area (Å²) in [5.41, 5.74) is 13.8. The van der Waals surface area contributed by atoms with Crippen LogP contribution in [-0.2, 0) is 6.54 Å². The lowest BCUT2D eigenvalue weighted by Crippen LogP contribution is -1.99. The molecule has 0 aliphatic rings. The maximum atomic E-state index is 5.58. The summed E-state index contributed by atoms with van der Waals surface area (Å²) in [6.45, 7) is 0.532. The van der Waals surface area contributed by atoms with Gasteiger partial charge in [-0.1, -0.05) is 12.1 Å². The Morgan fingerprint density at radius 3 is 2.86 bits per heavy atom. The first-order valence-corrected chi connectivity index (χ1v) is 4.39. The zero-order chi connectivity index (χ0) is 9.97. The topological polar surface area (TPSA) is 69.9 Å². The molecule has 4 N–H and O–H groups in total. The highest BCUT2D eigenvalue weighted by Gasteiger charge is 1.98. The molecule has 1 heterocycles. The zero-order valence-electron chi connectivity index (χ0n) is 7.72. The molecule has 0 radical (unpaired) electrons. The highest BCUT2D eigenvalue weighted by Crippen LogP contribution is 2.11. The predicted octanol–water partition coefficient (Wildman–Crippen LogP) is 0.913. The second kappa shape index (κ2) is 3.51. The molecule has 4 heteroatoms. The molecule has 72 valence electrons. The van der Waals surface area contributed by atoms with Gasteiger partial charge in [-0.2, -0.15) is 5.10 Å². The van der Waals surface area contributed by atoms with Gasteiger partial charge in [0.05, 0.1) is 23.8 Å². The van der Waals surface area contributed by atoms with E-state index in [4.69, 9.17) is 11.5 Å². The van der Waals surface area contributed by atoms with Crippen LogP contribution in [0.2, 0.25) is 0 Å². The number of nitrogens with zero attached hydrogens (tertiary/aromatic N) is 2. The van der Waals surface area contributed by atoms with E-state index in [1.54, 1.807) is 17.1 Å². The van der Waals surface area contributed by atoms with Crippen LogP contribution < -0.4 is 11.5 Å². The summed E-state index contributed by atoms with van der Waals surface area (Å²) >= 11 is 0. The fourth-order valence-corrected chi connectivity index (χ4v) is 1.30. The largest absolute Gasteiger partial charge is 0.396 e. The molecule has 14 heavy (non-hydrogen) atoms. The Bertz CT molecular complexity index is 433. The monoisotopic (exact) mass is 188 g/mol. The number of benzene rings is 1. The van der Waals surface area contributed by atoms with Gasteiger partial charge < -0.3 is 11.5 Å². The standard InChI is InChI=1S/C10H12N4/c11-5-8-2-1-3-10(4-8)14-7-9(12)6-13-14/h1-4,6-7H,5,11-12H2. The highest BCUT2D eigenvalue weighted by atomic mass is 15.3. The first-order valence-electron chi connectivity index (χ1n) is 4.39. The van der Waals surface area contributed by atoms with E-state index in [9.17, 15) is 0 Å². The Labute approximate surface area is 82.1 Å². The fraction of sp³-hybridized carbons (Fsp3) is 0.100. The lowest BCUT2D eigenvalue weighted by Gasteiger charge is -2.02. The summed E-state index contributed by atoms with van der Waals surface area (Å²) < 4.78 is 1.73. The molecule has 0 fully saturated rings. The van der Waals surface area contributed by atoms with Crippen LogP contribution in [0.15, 0.2) is 36.7 Å². The first-order chi connectivity index (χ1) is 6.79. The van der Waals surface area contributed by atoms with Crippen LogP contribution in [0.3, 0.4) is 0 Å². The first kappa shape index (κ1) is 8.77. The minimum atomic E-state index is 0.532. The van der Waals surface area contributed by atoms with E-state index in [0.29, 0.717) is 12.2 Å². The smallest absolute Gasteiger partial charge is 0.0724 e. The Balaban J connectivity index is 2.41. The Morgan fingerprint density at radius 2 is 2.21 bits per heavy atom. The van der Waals surface area contributed by atoms with Crippen molar-refractivity contribution >= 4 is 5.69 Å². The van der Waals surface area contributed by atoms with Crippen molar-refractivity contribution in [3.05, 3.63) is 42.2 Å². The SMILES string of the molecule is NCc1cccc(-n2cc(N)cn2)c1. The van der Waals surface area contributed by atoms with Gasteiger partial charge in [0.2, 0.25) is 0 Å². The Kier molecular flexibility index (Phi) is 2.20. The van der Waals surface area contributed by atoms with Gasteiger partial charge in [-0.25, -0.2) is 4.68 Å². The predicted molar refractivity (Wildman–Crippen MR) is 55.9 cm³/mol. The van der Waals surface area contributed by atoms with E-state index >= 15 is 0 Å². The number of aromatic nitrogens is 2. The second-order valence-corrected chi connectivity index (χ2v) is 3.09. The minimum absolute atomic E-state index is 0.532. The summed E-state index contributed by atoms with van der Waals surface area (Å²) in [5.74, 6) is 0. The zero-order valence-corrected chi connectivity index (χ0v) is 7.72. The second-order valence-electron chi connectivity index (χ2n) is 3.09. The van der Waals surface area contributed by atoms with Crippen LogP contribution in [0, 0.1) is 0 Å². The highest BCUT2D eigenvalue weighted by molar-refractivity contribution is 5.39. The van der Waals surface area contributed by atoms with Gasteiger partial charge in [0.25, 0.3) is 0 Å². The van der Waals surface area contributed by atoms with E-state index < -0.39 is 0 Å². The minimum Gasteiger partial charge on any atom is -0.396 e. The molecule has 2 aromatic rings. The summed E-state index contributed by atoms with van der Waals surface area (Å²) in [7, 11) is 0. The Hall–Kier alpha value is -1.81. The maximum Gasteiger partial charge on any atom is 0.0724 e. The third-order valence-corrected chi connectivity index (χ3v) is 2.01. The van der Waals surface area contributed by atoms with Gasteiger partial charge >= 0.3 is 0 Å². The fourth-order valence-electron chi connectivity index (χ4n) is 1.30. The van der Waals surface area contributed by atoms with Gasteiger partial charge in [-0.15, -0.1) is 0 Å². The average molecular weight is 188 g/mol. The van der Waals surface area contributed by atoms with Gasteiger partial charge in [0, 0.05) is 6.54 Å². The summed E-state index contributed by atoms with van der Waals surface area (Å²) in [4.78, 5) is 0. The summed E-state index contributed by atoms with van der Waals surface area (Å²) in [5, 5.41) is 4.11. The van der Waals surface area contributed by atoms with E-state index in [1.807, 2.05) is 24.3 Å². The van der Waals surface area contributed by atoms with Gasteiger partial charge in [0.1, 0.15) is 0 Å². The molecule has 0 aliphatic heterocycles. The quantitative estimate of drug-likeness (QED) is 0.736. The molecule has 0 spiro atoms. The molecule has 0 aliphatic carbocycles. The van der Waals surface area contributed by atoms with Crippen molar-refractivity contribution in [1.29, 1.82) is 0 Å². The lowest BCUT2D eigenvalue weighted by molar-refractivity contribution is 0.876. The van der Waals surface area contributed by atoms with Gasteiger partial charge in [0.15, 0.2) is 0 Å². The molecular formula is C10H12N4. The lowest BCUT2D eigenvalue weighted by atomic mass is 10.2. The molecule has 1 aromatic carbocycles. The van der Waals surface area contributed by atoms with Crippen molar-refractivity contribution in [3.8, 4) is 5.69 Å². The van der Waals surface area contributed by atoms with E-state index in [-0.39, 0.29) is 0 Å². The van der Waals surface area contributed by atoms with Crippen LogP contribution >= 0.6 is 0 Å². The molecule has 4 nitrogen and oxygen atoms in total. The van der Waals surface area contributed by atoms with Crippen LogP contribution in [0.25, 0.3) is 5.69 Å². The third-order valence-electron chi connectivity index (χ3n) is 2.01. The molecule has 0 atom stereocenters. The van der Waals surface area contributed by atoms with Crippen LogP contribution in [0.1, 0.15) is 5.56 Å². The van der Waals surface area contributed by atoms with E-state index in [2.05, 4.69) is 5.10 Å². The number of nitrogen functional groups attached to an aromatic ring is 1. The molecule has 0 amide bonds. The van der Waals surface area contributed by atoms with E-state index in [1.165, 1.54) is 0 Å². The van der Waals surface area contributed by atoms with Gasteiger partial charge in [-0.3, -0.25) is 0 Å². The normalized spacial score (nSPS) is 10.4. The van der Waals surface area contributed by atoms with Crippen molar-refractivity contribution in [3.63, 3.8) is 0 Å². The number of hydrogen-bond donors (Lipinski definition) is 2. The van der Waals surface area contributed by atoms with Crippen molar-refractivity contribution in [2.24, 2.45) is 5.73 Å².